The van der Waals surface area contributed by atoms with Crippen LogP contribution in [0.4, 0.5) is 17.1 Å². The first-order valence-electron chi connectivity index (χ1n) is 22.6. The molecule has 0 heterocycles. The predicted octanol–water partition coefficient (Wildman–Crippen LogP) is 16.4. The van der Waals surface area contributed by atoms with Gasteiger partial charge in [-0.05, 0) is 162 Å². The molecule has 0 saturated carbocycles. The molecule has 10 rings (SSSR count). The summed E-state index contributed by atoms with van der Waals surface area (Å²) < 4.78 is 0. The molecule has 3 aliphatic carbocycles. The van der Waals surface area contributed by atoms with Gasteiger partial charge in [0.15, 0.2) is 0 Å². The fourth-order valence-electron chi connectivity index (χ4n) is 11.2. The topological polar surface area (TPSA) is 3.24 Å². The van der Waals surface area contributed by atoms with Crippen LogP contribution in [-0.4, -0.2) is 0 Å². The summed E-state index contributed by atoms with van der Waals surface area (Å²) in [6.07, 6.45) is 2.37. The second-order valence-corrected chi connectivity index (χ2v) is 21.7. The number of fused-ring (bicyclic) bond motifs is 11. The van der Waals surface area contributed by atoms with Gasteiger partial charge >= 0.3 is 0 Å². The van der Waals surface area contributed by atoms with Crippen LogP contribution >= 0.6 is 0 Å². The van der Waals surface area contributed by atoms with Crippen LogP contribution in [0.15, 0.2) is 146 Å². The Balaban J connectivity index is 1.34. The van der Waals surface area contributed by atoms with Crippen molar-refractivity contribution in [1.29, 1.82) is 0 Å². The van der Waals surface area contributed by atoms with Gasteiger partial charge in [0.1, 0.15) is 0 Å². The van der Waals surface area contributed by atoms with E-state index in [2.05, 4.69) is 227 Å². The van der Waals surface area contributed by atoms with Crippen molar-refractivity contribution in [2.45, 2.75) is 116 Å². The first-order chi connectivity index (χ1) is 28.9. The number of nitrogens with zero attached hydrogens (tertiary/aromatic N) is 1. The molecule has 0 unspecified atom stereocenters. The van der Waals surface area contributed by atoms with E-state index in [1.54, 1.807) is 0 Å². The molecular weight excluding hydrogens is 735 g/mol. The minimum absolute atomic E-state index is 0.0404. The molecule has 306 valence electrons. The van der Waals surface area contributed by atoms with Crippen LogP contribution in [0.2, 0.25) is 0 Å². The van der Waals surface area contributed by atoms with Crippen molar-refractivity contribution >= 4 is 17.1 Å². The normalized spacial score (nSPS) is 16.4. The minimum Gasteiger partial charge on any atom is -0.310 e. The van der Waals surface area contributed by atoms with Crippen molar-refractivity contribution < 1.29 is 0 Å². The molecule has 0 aliphatic heterocycles. The Bertz CT molecular complexity index is 2760. The van der Waals surface area contributed by atoms with E-state index in [9.17, 15) is 0 Å². The van der Waals surface area contributed by atoms with Gasteiger partial charge in [-0.25, -0.2) is 0 Å². The highest BCUT2D eigenvalue weighted by molar-refractivity contribution is 6.00. The molecule has 0 bridgehead atoms. The molecule has 0 atom stereocenters. The summed E-state index contributed by atoms with van der Waals surface area (Å²) >= 11 is 0. The molecule has 0 amide bonds. The molecule has 0 aromatic heterocycles. The number of rotatable bonds is 4. The maximum Gasteiger partial charge on any atom is 0.0726 e. The van der Waals surface area contributed by atoms with Crippen LogP contribution in [0.1, 0.15) is 132 Å². The Morgan fingerprint density at radius 1 is 0.393 bits per heavy atom. The summed E-state index contributed by atoms with van der Waals surface area (Å²) in [4.78, 5) is 2.56. The van der Waals surface area contributed by atoms with E-state index >= 15 is 0 Å². The average Bonchev–Trinajstić information content (AvgIpc) is 3.69. The zero-order valence-corrected chi connectivity index (χ0v) is 38.2. The van der Waals surface area contributed by atoms with E-state index < -0.39 is 5.41 Å². The van der Waals surface area contributed by atoms with E-state index in [4.69, 9.17) is 0 Å². The third-order valence-electron chi connectivity index (χ3n) is 14.8. The van der Waals surface area contributed by atoms with Crippen molar-refractivity contribution in [1.82, 2.24) is 0 Å². The predicted molar refractivity (Wildman–Crippen MR) is 260 cm³/mol. The van der Waals surface area contributed by atoms with Gasteiger partial charge in [0, 0.05) is 16.9 Å². The summed E-state index contributed by atoms with van der Waals surface area (Å²) in [6.45, 7) is 26.0. The molecule has 1 nitrogen and oxygen atoms in total. The molecule has 61 heavy (non-hydrogen) atoms. The fraction of sp³-hybridized carbons (Fsp3) is 0.300. The third kappa shape index (κ3) is 5.94. The second kappa shape index (κ2) is 13.4. The number of hydrogen-bond acceptors (Lipinski definition) is 1. The molecule has 0 fully saturated rings. The van der Waals surface area contributed by atoms with Gasteiger partial charge < -0.3 is 4.90 Å². The van der Waals surface area contributed by atoms with E-state index in [0.29, 0.717) is 0 Å². The van der Waals surface area contributed by atoms with Crippen molar-refractivity contribution in [3.63, 3.8) is 0 Å². The number of hydrogen-bond donors (Lipinski definition) is 0. The van der Waals surface area contributed by atoms with Crippen LogP contribution in [0, 0.1) is 6.92 Å². The Morgan fingerprint density at radius 3 is 1.25 bits per heavy atom. The smallest absolute Gasteiger partial charge is 0.0726 e. The van der Waals surface area contributed by atoms with Gasteiger partial charge in [-0.2, -0.15) is 0 Å². The van der Waals surface area contributed by atoms with Gasteiger partial charge in [0.25, 0.3) is 0 Å². The summed E-state index contributed by atoms with van der Waals surface area (Å²) in [7, 11) is 0. The largest absolute Gasteiger partial charge is 0.310 e. The van der Waals surface area contributed by atoms with Crippen LogP contribution in [0.25, 0.3) is 33.4 Å². The zero-order chi connectivity index (χ0) is 42.9. The van der Waals surface area contributed by atoms with Crippen LogP contribution < -0.4 is 4.90 Å². The molecule has 3 aliphatic rings. The van der Waals surface area contributed by atoms with Crippen LogP contribution in [0.5, 0.6) is 0 Å². The Morgan fingerprint density at radius 2 is 0.803 bits per heavy atom. The lowest BCUT2D eigenvalue weighted by atomic mass is 9.62. The number of aryl methyl sites for hydroxylation is 1. The van der Waals surface area contributed by atoms with Crippen molar-refractivity contribution in [2.24, 2.45) is 0 Å². The van der Waals surface area contributed by atoms with Gasteiger partial charge in [-0.3, -0.25) is 0 Å². The van der Waals surface area contributed by atoms with Crippen molar-refractivity contribution in [2.75, 3.05) is 4.90 Å². The number of anilines is 3. The van der Waals surface area contributed by atoms with Crippen LogP contribution in [-0.2, 0) is 27.1 Å². The third-order valence-corrected chi connectivity index (χ3v) is 14.8. The van der Waals surface area contributed by atoms with E-state index in [1.165, 1.54) is 102 Å². The lowest BCUT2D eigenvalue weighted by Gasteiger charge is -2.42. The summed E-state index contributed by atoms with van der Waals surface area (Å²) in [6, 6.07) is 56.7. The van der Waals surface area contributed by atoms with Gasteiger partial charge in [-0.1, -0.05) is 172 Å². The highest BCUT2D eigenvalue weighted by Crippen LogP contribution is 2.64. The summed E-state index contributed by atoms with van der Waals surface area (Å²) in [5.74, 6) is 0. The summed E-state index contributed by atoms with van der Waals surface area (Å²) in [5, 5.41) is 0. The van der Waals surface area contributed by atoms with Gasteiger partial charge in [0.2, 0.25) is 0 Å². The molecule has 0 radical (unpaired) electrons. The average molecular weight is 796 g/mol. The molecule has 7 aromatic rings. The molecule has 7 aromatic carbocycles. The van der Waals surface area contributed by atoms with E-state index in [0.717, 1.165) is 11.4 Å². The Hall–Kier alpha value is -5.66. The number of benzene rings is 7. The maximum atomic E-state index is 2.60. The minimum atomic E-state index is -0.457. The lowest BCUT2D eigenvalue weighted by Crippen LogP contribution is -2.34. The molecule has 1 spiro atoms. The van der Waals surface area contributed by atoms with Gasteiger partial charge in [0.05, 0.1) is 11.1 Å². The molecule has 1 heteroatoms. The second-order valence-electron chi connectivity index (χ2n) is 21.7. The van der Waals surface area contributed by atoms with Crippen LogP contribution in [0.3, 0.4) is 0 Å². The van der Waals surface area contributed by atoms with Crippen molar-refractivity contribution in [3.05, 3.63) is 196 Å². The molecular formula is C60H61N. The van der Waals surface area contributed by atoms with E-state index in [-0.39, 0.29) is 21.7 Å². The maximum absolute atomic E-state index is 2.60. The standard InChI is InChI=1S/C60H61N/c1-38-34-53-54(59(10,11)33-32-58(53,8)9)36-46(38)48-35-47-45-20-14-17-23-51(45)60(49-21-15-12-18-43(49)44-19-13-16-22-50(44)60)52(47)37-55(48)61(41-28-24-39(25-29-41)56(2,3)4)42-30-26-40(27-31-42)57(5,6)7/h12-31,34-37H,32-33H2,1-11H3. The van der Waals surface area contributed by atoms with E-state index in [1.807, 2.05) is 0 Å². The SMILES string of the molecule is Cc1cc2c(cc1-c1cc3c(cc1N(c1ccc(C(C)(C)C)cc1)c1ccc(C(C)(C)C)cc1)C1(c4ccccc4-c4ccccc41)c1ccccc1-3)C(C)(C)CCC2(C)C. The zero-order valence-electron chi connectivity index (χ0n) is 38.2. The summed E-state index contributed by atoms with van der Waals surface area (Å²) in [5.41, 5.74) is 23.7. The first-order valence-corrected chi connectivity index (χ1v) is 22.6. The quantitative estimate of drug-likeness (QED) is 0.171. The Labute approximate surface area is 365 Å². The monoisotopic (exact) mass is 795 g/mol. The fourth-order valence-corrected chi connectivity index (χ4v) is 11.2. The lowest BCUT2D eigenvalue weighted by molar-refractivity contribution is 0.332. The Kier molecular flexibility index (Phi) is 8.68. The highest BCUT2D eigenvalue weighted by atomic mass is 15.1. The van der Waals surface area contributed by atoms with Crippen molar-refractivity contribution in [3.8, 4) is 33.4 Å². The highest BCUT2D eigenvalue weighted by Gasteiger charge is 2.52. The first kappa shape index (κ1) is 39.5. The molecule has 0 N–H and O–H groups in total. The van der Waals surface area contributed by atoms with Gasteiger partial charge in [-0.15, -0.1) is 0 Å². The molecule has 0 saturated heterocycles.